The van der Waals surface area contributed by atoms with E-state index >= 15 is 0 Å². The topological polar surface area (TPSA) is 45.9 Å². The zero-order valence-electron chi connectivity index (χ0n) is 17.0. The van der Waals surface area contributed by atoms with Crippen molar-refractivity contribution in [3.8, 4) is 5.75 Å². The lowest BCUT2D eigenvalue weighted by atomic mass is 10.1. The van der Waals surface area contributed by atoms with Gasteiger partial charge in [0.2, 0.25) is 0 Å². The summed E-state index contributed by atoms with van der Waals surface area (Å²) < 4.78 is 11.3. The predicted octanol–water partition coefficient (Wildman–Crippen LogP) is 5.03. The Morgan fingerprint density at radius 2 is 1.73 bits per heavy atom. The van der Waals surface area contributed by atoms with Gasteiger partial charge in [-0.25, -0.2) is 0 Å². The van der Waals surface area contributed by atoms with Crippen LogP contribution in [0.5, 0.6) is 5.75 Å². The van der Waals surface area contributed by atoms with Crippen molar-refractivity contribution in [1.29, 1.82) is 0 Å². The van der Waals surface area contributed by atoms with Gasteiger partial charge in [-0.15, -0.1) is 0 Å². The van der Waals surface area contributed by atoms with Crippen LogP contribution < -0.4 is 4.74 Å². The van der Waals surface area contributed by atoms with Crippen LogP contribution in [0.15, 0.2) is 71.3 Å². The van der Waals surface area contributed by atoms with Gasteiger partial charge in [0.15, 0.2) is 5.76 Å². The van der Waals surface area contributed by atoms with Crippen LogP contribution >= 0.6 is 11.6 Å². The number of furan rings is 1. The molecule has 0 bridgehead atoms. The van der Waals surface area contributed by atoms with E-state index in [1.165, 1.54) is 0 Å². The number of carbonyl (C=O) groups excluding carboxylic acids is 1. The zero-order valence-corrected chi connectivity index (χ0v) is 17.7. The molecule has 1 aliphatic heterocycles. The SMILES string of the molecule is CC(c1ccccc1Cl)N1CCN(C(=O)c2occc2COc2ccccc2)CC1. The first-order chi connectivity index (χ1) is 14.6. The molecule has 0 radical (unpaired) electrons. The Morgan fingerprint density at radius 1 is 1.03 bits per heavy atom. The smallest absolute Gasteiger partial charge is 0.290 e. The van der Waals surface area contributed by atoms with Crippen LogP contribution in [-0.2, 0) is 6.61 Å². The van der Waals surface area contributed by atoms with Gasteiger partial charge in [-0.05, 0) is 36.8 Å². The van der Waals surface area contributed by atoms with Crippen LogP contribution in [0.1, 0.15) is 34.6 Å². The number of rotatable bonds is 6. The van der Waals surface area contributed by atoms with Crippen molar-refractivity contribution in [1.82, 2.24) is 9.80 Å². The Labute approximate surface area is 181 Å². The van der Waals surface area contributed by atoms with Crippen LogP contribution in [0.4, 0.5) is 0 Å². The van der Waals surface area contributed by atoms with E-state index in [1.54, 1.807) is 12.3 Å². The molecule has 1 amide bonds. The second kappa shape index (κ2) is 9.37. The Hall–Kier alpha value is -2.76. The molecule has 2 heterocycles. The third-order valence-corrected chi connectivity index (χ3v) is 5.93. The number of hydrogen-bond donors (Lipinski definition) is 0. The van der Waals surface area contributed by atoms with Crippen molar-refractivity contribution >= 4 is 17.5 Å². The highest BCUT2D eigenvalue weighted by Gasteiger charge is 2.28. The van der Waals surface area contributed by atoms with Gasteiger partial charge in [0.25, 0.3) is 5.91 Å². The highest BCUT2D eigenvalue weighted by Crippen LogP contribution is 2.28. The summed E-state index contributed by atoms with van der Waals surface area (Å²) in [6, 6.07) is 19.5. The van der Waals surface area contributed by atoms with Crippen molar-refractivity contribution in [2.24, 2.45) is 0 Å². The molecule has 30 heavy (non-hydrogen) atoms. The van der Waals surface area contributed by atoms with Crippen LogP contribution in [-0.4, -0.2) is 41.9 Å². The molecule has 6 heteroatoms. The largest absolute Gasteiger partial charge is 0.489 e. The van der Waals surface area contributed by atoms with Crippen LogP contribution in [0.3, 0.4) is 0 Å². The second-order valence-corrected chi connectivity index (χ2v) is 7.81. The fourth-order valence-electron chi connectivity index (χ4n) is 3.78. The Balaban J connectivity index is 1.36. The zero-order chi connectivity index (χ0) is 20.9. The molecule has 1 atom stereocenters. The van der Waals surface area contributed by atoms with Gasteiger partial charge in [-0.3, -0.25) is 9.69 Å². The van der Waals surface area contributed by atoms with Crippen LogP contribution in [0.2, 0.25) is 5.02 Å². The fraction of sp³-hybridized carbons (Fsp3) is 0.292. The second-order valence-electron chi connectivity index (χ2n) is 7.40. The molecule has 0 spiro atoms. The minimum Gasteiger partial charge on any atom is -0.489 e. The molecule has 1 fully saturated rings. The molecule has 0 saturated carbocycles. The van der Waals surface area contributed by atoms with E-state index in [9.17, 15) is 4.79 Å². The summed E-state index contributed by atoms with van der Waals surface area (Å²) >= 11 is 6.36. The molecule has 3 aromatic rings. The van der Waals surface area contributed by atoms with Crippen molar-refractivity contribution in [3.05, 3.63) is 88.8 Å². The van der Waals surface area contributed by atoms with Gasteiger partial charge >= 0.3 is 0 Å². The van der Waals surface area contributed by atoms with Gasteiger partial charge in [0.05, 0.1) is 6.26 Å². The van der Waals surface area contributed by atoms with E-state index in [0.717, 1.165) is 35.0 Å². The highest BCUT2D eigenvalue weighted by molar-refractivity contribution is 6.31. The van der Waals surface area contributed by atoms with Gasteiger partial charge < -0.3 is 14.1 Å². The number of hydrogen-bond acceptors (Lipinski definition) is 4. The molecular weight excluding hydrogens is 400 g/mol. The van der Waals surface area contributed by atoms with E-state index in [0.29, 0.717) is 25.5 Å². The third kappa shape index (κ3) is 4.53. The van der Waals surface area contributed by atoms with E-state index < -0.39 is 0 Å². The third-order valence-electron chi connectivity index (χ3n) is 5.58. The van der Waals surface area contributed by atoms with E-state index in [4.69, 9.17) is 20.8 Å². The summed E-state index contributed by atoms with van der Waals surface area (Å²) in [6.07, 6.45) is 1.55. The number of carbonyl (C=O) groups is 1. The van der Waals surface area contributed by atoms with E-state index in [1.807, 2.05) is 53.4 Å². The van der Waals surface area contributed by atoms with Gasteiger partial charge in [0.1, 0.15) is 12.4 Å². The molecule has 1 saturated heterocycles. The number of halogens is 1. The number of benzene rings is 2. The van der Waals surface area contributed by atoms with Gasteiger partial charge in [-0.1, -0.05) is 48.0 Å². The first kappa shape index (κ1) is 20.5. The molecule has 0 N–H and O–H groups in total. The van der Waals surface area contributed by atoms with Crippen LogP contribution in [0.25, 0.3) is 0 Å². The maximum atomic E-state index is 13.0. The predicted molar refractivity (Wildman–Crippen MR) is 117 cm³/mol. The minimum absolute atomic E-state index is 0.0864. The monoisotopic (exact) mass is 424 g/mol. The summed E-state index contributed by atoms with van der Waals surface area (Å²) in [6.45, 7) is 5.32. The first-order valence-electron chi connectivity index (χ1n) is 10.2. The Bertz CT molecular complexity index is 981. The van der Waals surface area contributed by atoms with Crippen LogP contribution in [0, 0.1) is 0 Å². The molecule has 1 aromatic heterocycles. The molecule has 4 rings (SSSR count). The fourth-order valence-corrected chi connectivity index (χ4v) is 4.07. The Kier molecular flexibility index (Phi) is 6.41. The number of nitrogens with zero attached hydrogens (tertiary/aromatic N) is 2. The molecule has 0 aliphatic carbocycles. The molecule has 5 nitrogen and oxygen atoms in total. The summed E-state index contributed by atoms with van der Waals surface area (Å²) in [5.41, 5.74) is 1.88. The van der Waals surface area contributed by atoms with Gasteiger partial charge in [0, 0.05) is 42.8 Å². The summed E-state index contributed by atoms with van der Waals surface area (Å²) in [4.78, 5) is 17.2. The van der Waals surface area contributed by atoms with Crippen molar-refractivity contribution in [3.63, 3.8) is 0 Å². The normalized spacial score (nSPS) is 15.7. The van der Waals surface area contributed by atoms with Crippen molar-refractivity contribution in [2.75, 3.05) is 26.2 Å². The maximum Gasteiger partial charge on any atom is 0.290 e. The standard InChI is InChI=1S/C24H25ClN2O3/c1-18(21-9-5-6-10-22(21)25)26-12-14-27(15-13-26)24(28)23-19(11-16-29-23)17-30-20-7-3-2-4-8-20/h2-11,16,18H,12-15,17H2,1H3. The first-order valence-corrected chi connectivity index (χ1v) is 10.5. The molecule has 1 unspecified atom stereocenters. The number of amides is 1. The number of ether oxygens (including phenoxy) is 1. The summed E-state index contributed by atoms with van der Waals surface area (Å²) in [7, 11) is 0. The average molecular weight is 425 g/mol. The highest BCUT2D eigenvalue weighted by atomic mass is 35.5. The number of piperazine rings is 1. The van der Waals surface area contributed by atoms with E-state index in [-0.39, 0.29) is 11.9 Å². The average Bonchev–Trinajstić information content (AvgIpc) is 3.26. The quantitative estimate of drug-likeness (QED) is 0.556. The summed E-state index contributed by atoms with van der Waals surface area (Å²) in [5.74, 6) is 1.04. The van der Waals surface area contributed by atoms with Crippen molar-refractivity contribution < 1.29 is 13.9 Å². The van der Waals surface area contributed by atoms with Gasteiger partial charge in [-0.2, -0.15) is 0 Å². The molecule has 2 aromatic carbocycles. The molecular formula is C24H25ClN2O3. The minimum atomic E-state index is -0.0864. The maximum absolute atomic E-state index is 13.0. The van der Waals surface area contributed by atoms with E-state index in [2.05, 4.69) is 17.9 Å². The lowest BCUT2D eigenvalue weighted by Crippen LogP contribution is -2.49. The molecule has 156 valence electrons. The summed E-state index contributed by atoms with van der Waals surface area (Å²) in [5, 5.41) is 0.780. The Morgan fingerprint density at radius 3 is 2.47 bits per heavy atom. The van der Waals surface area contributed by atoms with Crippen molar-refractivity contribution in [2.45, 2.75) is 19.6 Å². The lowest BCUT2D eigenvalue weighted by Gasteiger charge is -2.38. The molecule has 1 aliphatic rings. The lowest BCUT2D eigenvalue weighted by molar-refractivity contribution is 0.0550. The number of para-hydroxylation sites is 1.